The Balaban J connectivity index is 1.84. The Morgan fingerprint density at radius 3 is 2.88 bits per heavy atom. The molecule has 0 fully saturated rings. The molecular formula is C20H19BClFN3+. The van der Waals surface area contributed by atoms with E-state index in [9.17, 15) is 0 Å². The Bertz CT molecular complexity index is 1000. The molecular weight excluding hydrogens is 348 g/mol. The molecule has 0 bridgehead atoms. The molecule has 0 spiro atoms. The molecule has 6 heteroatoms. The number of nitrogens with two attached hydrogens (primary N) is 1. The molecule has 1 aromatic carbocycles. The second-order valence-corrected chi connectivity index (χ2v) is 6.86. The third-order valence-corrected chi connectivity index (χ3v) is 5.15. The predicted octanol–water partition coefficient (Wildman–Crippen LogP) is 4.15. The number of nitrogens with zero attached hydrogens (tertiary/aromatic N) is 2. The predicted molar refractivity (Wildman–Crippen MR) is 108 cm³/mol. The molecule has 3 nitrogen and oxygen atoms in total. The van der Waals surface area contributed by atoms with E-state index in [1.807, 2.05) is 61.6 Å². The average molecular weight is 367 g/mol. The van der Waals surface area contributed by atoms with Crippen molar-refractivity contribution in [3.05, 3.63) is 75.7 Å². The van der Waals surface area contributed by atoms with Crippen molar-refractivity contribution in [1.82, 2.24) is 4.48 Å². The topological polar surface area (TPSA) is 34.0 Å². The summed E-state index contributed by atoms with van der Waals surface area (Å²) in [5.74, 6) is 0. The third-order valence-electron chi connectivity index (χ3n) is 4.81. The monoisotopic (exact) mass is 366 g/mol. The van der Waals surface area contributed by atoms with Gasteiger partial charge in [-0.25, -0.2) is 8.80 Å². The standard InChI is InChI=1S/C20H19BClFN3/c1-14-13-16(9-8-15-5-2-3-6-18(15)22)26-20(14)17(10-11-24)19-7-4-12-25(19)21(26)23/h2-9,12-13H,10-11,24H2,1H3/q+1/b9-8+. The number of rotatable bonds is 4. The van der Waals surface area contributed by atoms with Gasteiger partial charge >= 0.3 is 7.26 Å². The number of allylic oxidation sites excluding steroid dienone is 2. The van der Waals surface area contributed by atoms with E-state index in [4.69, 9.17) is 17.3 Å². The van der Waals surface area contributed by atoms with E-state index in [1.54, 1.807) is 15.2 Å². The van der Waals surface area contributed by atoms with Crippen LogP contribution in [0.1, 0.15) is 28.9 Å². The first-order chi connectivity index (χ1) is 12.6. The summed E-state index contributed by atoms with van der Waals surface area (Å²) in [6, 6.07) is 9.62. The molecule has 4 rings (SSSR count). The largest absolute Gasteiger partial charge is 0.846 e. The average Bonchev–Trinajstić information content (AvgIpc) is 3.23. The van der Waals surface area contributed by atoms with Crippen LogP contribution in [0.5, 0.6) is 0 Å². The smallest absolute Gasteiger partial charge is 0.330 e. The highest BCUT2D eigenvalue weighted by Gasteiger charge is 2.48. The maximum Gasteiger partial charge on any atom is 0.846 e. The van der Waals surface area contributed by atoms with Gasteiger partial charge in [0.15, 0.2) is 5.70 Å². The van der Waals surface area contributed by atoms with E-state index in [1.165, 1.54) is 0 Å². The lowest BCUT2D eigenvalue weighted by atomic mass is 9.91. The zero-order chi connectivity index (χ0) is 18.3. The fourth-order valence-corrected chi connectivity index (χ4v) is 3.88. The normalized spacial score (nSPS) is 15.7. The molecule has 26 heavy (non-hydrogen) atoms. The van der Waals surface area contributed by atoms with Crippen molar-refractivity contribution >= 4 is 42.8 Å². The lowest BCUT2D eigenvalue weighted by Gasteiger charge is -2.19. The Hall–Kier alpha value is -2.37. The van der Waals surface area contributed by atoms with Crippen LogP contribution in [-0.4, -0.2) is 29.0 Å². The van der Waals surface area contributed by atoms with Crippen LogP contribution in [0.3, 0.4) is 0 Å². The highest BCUT2D eigenvalue weighted by molar-refractivity contribution is 6.43. The van der Waals surface area contributed by atoms with E-state index in [0.29, 0.717) is 18.0 Å². The van der Waals surface area contributed by atoms with Crippen LogP contribution in [-0.2, 0) is 0 Å². The first-order valence-electron chi connectivity index (χ1n) is 8.64. The Morgan fingerprint density at radius 1 is 1.31 bits per heavy atom. The van der Waals surface area contributed by atoms with Gasteiger partial charge in [0.2, 0.25) is 0 Å². The Morgan fingerprint density at radius 2 is 2.12 bits per heavy atom. The molecule has 0 saturated heterocycles. The third kappa shape index (κ3) is 2.68. The van der Waals surface area contributed by atoms with Crippen molar-refractivity contribution in [1.29, 1.82) is 0 Å². The highest BCUT2D eigenvalue weighted by Crippen LogP contribution is 2.36. The van der Waals surface area contributed by atoms with Gasteiger partial charge in [-0.1, -0.05) is 35.9 Å². The zero-order valence-electron chi connectivity index (χ0n) is 14.5. The van der Waals surface area contributed by atoms with Gasteiger partial charge < -0.3 is 5.73 Å². The van der Waals surface area contributed by atoms with Crippen molar-refractivity contribution < 1.29 is 8.80 Å². The van der Waals surface area contributed by atoms with E-state index >= 15 is 4.32 Å². The quantitative estimate of drug-likeness (QED) is 0.810. The summed E-state index contributed by atoms with van der Waals surface area (Å²) < 4.78 is 18.7. The highest BCUT2D eigenvalue weighted by atomic mass is 35.5. The molecule has 0 radical (unpaired) electrons. The first kappa shape index (κ1) is 17.1. The molecule has 0 atom stereocenters. The van der Waals surface area contributed by atoms with Gasteiger partial charge in [-0.3, -0.25) is 4.48 Å². The van der Waals surface area contributed by atoms with Crippen LogP contribution in [0.2, 0.25) is 5.02 Å². The van der Waals surface area contributed by atoms with E-state index in [0.717, 1.165) is 33.8 Å². The lowest BCUT2D eigenvalue weighted by Crippen LogP contribution is -2.39. The van der Waals surface area contributed by atoms with Gasteiger partial charge in [0.1, 0.15) is 6.21 Å². The number of benzene rings is 1. The Labute approximate surface area is 157 Å². The molecule has 3 heterocycles. The SMILES string of the molecule is Cc1cc(/C=C/c2ccccc2Cl)n2c1C(CCN)=C1C=CC=[N+]1B2F. The summed E-state index contributed by atoms with van der Waals surface area (Å²) in [6.45, 7) is 2.54. The second-order valence-electron chi connectivity index (χ2n) is 6.45. The van der Waals surface area contributed by atoms with Crippen molar-refractivity contribution in [2.24, 2.45) is 5.73 Å². The molecule has 2 aliphatic heterocycles. The maximum absolute atomic E-state index is 15.3. The van der Waals surface area contributed by atoms with Crippen molar-refractivity contribution in [3.63, 3.8) is 0 Å². The molecule has 1 aromatic heterocycles. The van der Waals surface area contributed by atoms with Gasteiger partial charge in [-0.15, -0.1) is 0 Å². The summed E-state index contributed by atoms with van der Waals surface area (Å²) in [4.78, 5) is 0. The number of hydrogen-bond donors (Lipinski definition) is 1. The fraction of sp³-hybridized carbons (Fsp3) is 0.150. The minimum atomic E-state index is -1.28. The second kappa shape index (κ2) is 6.74. The first-order valence-corrected chi connectivity index (χ1v) is 9.01. The van der Waals surface area contributed by atoms with Crippen LogP contribution < -0.4 is 5.73 Å². The number of fused-ring (bicyclic) bond motifs is 2. The molecule has 2 aromatic rings. The molecule has 0 unspecified atom stereocenters. The number of aromatic nitrogens is 1. The summed E-state index contributed by atoms with van der Waals surface area (Å²) in [7, 11) is -1.28. The molecule has 130 valence electrons. The van der Waals surface area contributed by atoms with Crippen molar-refractivity contribution in [2.45, 2.75) is 13.3 Å². The minimum absolute atomic E-state index is 0.521. The lowest BCUT2D eigenvalue weighted by molar-refractivity contribution is -0.329. The van der Waals surface area contributed by atoms with Crippen LogP contribution in [0, 0.1) is 6.92 Å². The maximum atomic E-state index is 15.3. The van der Waals surface area contributed by atoms with E-state index < -0.39 is 7.26 Å². The number of halogens is 2. The summed E-state index contributed by atoms with van der Waals surface area (Å²) in [5, 5.41) is 0.672. The van der Waals surface area contributed by atoms with Gasteiger partial charge in [0, 0.05) is 28.4 Å². The van der Waals surface area contributed by atoms with Gasteiger partial charge in [-0.2, -0.15) is 0 Å². The van der Waals surface area contributed by atoms with Gasteiger partial charge in [0.25, 0.3) is 0 Å². The fourth-order valence-electron chi connectivity index (χ4n) is 3.68. The summed E-state index contributed by atoms with van der Waals surface area (Å²) in [5.41, 5.74) is 11.5. The van der Waals surface area contributed by atoms with Gasteiger partial charge in [0.05, 0.1) is 5.69 Å². The minimum Gasteiger partial charge on any atom is -0.330 e. The zero-order valence-corrected chi connectivity index (χ0v) is 15.2. The molecule has 0 saturated carbocycles. The number of hydrogen-bond acceptors (Lipinski definition) is 1. The van der Waals surface area contributed by atoms with Crippen LogP contribution in [0.15, 0.2) is 48.2 Å². The number of aryl methyl sites for hydroxylation is 1. The van der Waals surface area contributed by atoms with E-state index in [2.05, 4.69) is 0 Å². The van der Waals surface area contributed by atoms with Crippen molar-refractivity contribution in [2.75, 3.05) is 6.54 Å². The van der Waals surface area contributed by atoms with Crippen LogP contribution >= 0.6 is 11.6 Å². The van der Waals surface area contributed by atoms with Crippen molar-refractivity contribution in [3.8, 4) is 0 Å². The van der Waals surface area contributed by atoms with E-state index in [-0.39, 0.29) is 0 Å². The molecule has 0 aliphatic carbocycles. The molecule has 2 aliphatic rings. The summed E-state index contributed by atoms with van der Waals surface area (Å²) in [6.07, 6.45) is 10.1. The van der Waals surface area contributed by atoms with Crippen LogP contribution in [0.25, 0.3) is 17.7 Å². The summed E-state index contributed by atoms with van der Waals surface area (Å²) >= 11 is 6.23. The Kier molecular flexibility index (Phi) is 4.43. The molecule has 0 amide bonds. The van der Waals surface area contributed by atoms with Gasteiger partial charge in [-0.05, 0) is 49.2 Å². The molecule has 2 N–H and O–H groups in total. The van der Waals surface area contributed by atoms with Crippen LogP contribution in [0.4, 0.5) is 4.32 Å².